The Morgan fingerprint density at radius 3 is 2.35 bits per heavy atom. The summed E-state index contributed by atoms with van der Waals surface area (Å²) in [4.78, 5) is 2.37. The molecular formula is C14H13BrOS. The minimum Gasteiger partial charge on any atom is -0.389 e. The van der Waals surface area contributed by atoms with Crippen molar-refractivity contribution >= 4 is 27.7 Å². The lowest BCUT2D eigenvalue weighted by atomic mass is 10.1. The number of hydrogen-bond donors (Lipinski definition) is 1. The topological polar surface area (TPSA) is 20.2 Å². The summed E-state index contributed by atoms with van der Waals surface area (Å²) in [5.74, 6) is 0. The molecule has 0 aromatic heterocycles. The number of rotatable bonds is 3. The van der Waals surface area contributed by atoms with Crippen LogP contribution in [-0.4, -0.2) is 5.11 Å². The largest absolute Gasteiger partial charge is 0.389 e. The van der Waals surface area contributed by atoms with Gasteiger partial charge in [0.1, 0.15) is 0 Å². The molecule has 0 bridgehead atoms. The van der Waals surface area contributed by atoms with Crippen LogP contribution in [0.3, 0.4) is 0 Å². The van der Waals surface area contributed by atoms with Crippen molar-refractivity contribution in [1.82, 2.24) is 0 Å². The highest BCUT2D eigenvalue weighted by molar-refractivity contribution is 9.10. The fourth-order valence-electron chi connectivity index (χ4n) is 1.48. The first kappa shape index (κ1) is 12.7. The van der Waals surface area contributed by atoms with Gasteiger partial charge in [-0.05, 0) is 42.8 Å². The predicted octanol–water partition coefficient (Wildman–Crippen LogP) is 4.65. The van der Waals surface area contributed by atoms with Gasteiger partial charge < -0.3 is 5.11 Å². The quantitative estimate of drug-likeness (QED) is 0.890. The molecule has 2 aromatic carbocycles. The van der Waals surface area contributed by atoms with Gasteiger partial charge in [0.15, 0.2) is 0 Å². The molecule has 1 N–H and O–H groups in total. The summed E-state index contributed by atoms with van der Waals surface area (Å²) in [7, 11) is 0. The molecule has 0 aliphatic heterocycles. The first-order valence-corrected chi connectivity index (χ1v) is 6.97. The van der Waals surface area contributed by atoms with Crippen LogP contribution in [0.5, 0.6) is 0 Å². The van der Waals surface area contributed by atoms with Gasteiger partial charge >= 0.3 is 0 Å². The van der Waals surface area contributed by atoms with E-state index in [2.05, 4.69) is 28.1 Å². The molecular weight excluding hydrogens is 296 g/mol. The summed E-state index contributed by atoms with van der Waals surface area (Å²) < 4.78 is 1.09. The van der Waals surface area contributed by atoms with Crippen LogP contribution < -0.4 is 0 Å². The number of benzene rings is 2. The van der Waals surface area contributed by atoms with Gasteiger partial charge in [-0.25, -0.2) is 0 Å². The molecule has 0 saturated carbocycles. The van der Waals surface area contributed by atoms with E-state index < -0.39 is 6.10 Å². The van der Waals surface area contributed by atoms with Crippen LogP contribution in [0.1, 0.15) is 18.6 Å². The van der Waals surface area contributed by atoms with Gasteiger partial charge in [0, 0.05) is 14.3 Å². The Labute approximate surface area is 114 Å². The van der Waals surface area contributed by atoms with E-state index in [1.165, 1.54) is 9.79 Å². The van der Waals surface area contributed by atoms with Crippen LogP contribution in [0.4, 0.5) is 0 Å². The van der Waals surface area contributed by atoms with E-state index in [0.717, 1.165) is 10.0 Å². The van der Waals surface area contributed by atoms with Gasteiger partial charge in [-0.15, -0.1) is 0 Å². The molecule has 0 unspecified atom stereocenters. The summed E-state index contributed by atoms with van der Waals surface area (Å²) in [5, 5.41) is 9.43. The van der Waals surface area contributed by atoms with Crippen molar-refractivity contribution < 1.29 is 5.11 Å². The van der Waals surface area contributed by atoms with E-state index in [0.29, 0.717) is 0 Å². The molecule has 2 rings (SSSR count). The third-order valence-corrected chi connectivity index (χ3v) is 3.89. The lowest BCUT2D eigenvalue weighted by Crippen LogP contribution is -1.89. The van der Waals surface area contributed by atoms with Gasteiger partial charge in [-0.2, -0.15) is 0 Å². The molecule has 0 aliphatic rings. The summed E-state index contributed by atoms with van der Waals surface area (Å²) in [5.41, 5.74) is 0.948. The van der Waals surface area contributed by atoms with Crippen LogP contribution in [0.25, 0.3) is 0 Å². The summed E-state index contributed by atoms with van der Waals surface area (Å²) >= 11 is 5.17. The van der Waals surface area contributed by atoms with Gasteiger partial charge in [-0.1, -0.05) is 45.9 Å². The number of aliphatic hydroxyl groups is 1. The maximum Gasteiger partial charge on any atom is 0.0761 e. The number of halogens is 1. The third kappa shape index (κ3) is 3.60. The zero-order chi connectivity index (χ0) is 12.3. The summed E-state index contributed by atoms with van der Waals surface area (Å²) in [6, 6.07) is 16.2. The molecule has 0 aliphatic carbocycles. The van der Waals surface area contributed by atoms with Crippen molar-refractivity contribution in [2.24, 2.45) is 0 Å². The predicted molar refractivity (Wildman–Crippen MR) is 75.3 cm³/mol. The van der Waals surface area contributed by atoms with E-state index in [1.807, 2.05) is 36.4 Å². The smallest absolute Gasteiger partial charge is 0.0761 e. The highest BCUT2D eigenvalue weighted by Crippen LogP contribution is 2.30. The Balaban J connectivity index is 2.14. The molecule has 2 aromatic rings. The van der Waals surface area contributed by atoms with Crippen LogP contribution >= 0.6 is 27.7 Å². The molecule has 0 spiro atoms. The zero-order valence-electron chi connectivity index (χ0n) is 9.43. The molecule has 88 valence electrons. The van der Waals surface area contributed by atoms with E-state index in [1.54, 1.807) is 18.7 Å². The van der Waals surface area contributed by atoms with Crippen molar-refractivity contribution in [3.63, 3.8) is 0 Å². The fourth-order valence-corrected chi connectivity index (χ4v) is 2.91. The van der Waals surface area contributed by atoms with Crippen molar-refractivity contribution in [3.05, 3.63) is 58.6 Å². The van der Waals surface area contributed by atoms with Gasteiger partial charge in [0.2, 0.25) is 0 Å². The average molecular weight is 309 g/mol. The fraction of sp³-hybridized carbons (Fsp3) is 0.143. The molecule has 0 fully saturated rings. The molecule has 0 radical (unpaired) electrons. The monoisotopic (exact) mass is 308 g/mol. The number of hydrogen-bond acceptors (Lipinski definition) is 2. The zero-order valence-corrected chi connectivity index (χ0v) is 11.8. The van der Waals surface area contributed by atoms with Crippen LogP contribution in [0, 0.1) is 0 Å². The Morgan fingerprint density at radius 1 is 1.06 bits per heavy atom. The minimum absolute atomic E-state index is 0.403. The molecule has 0 saturated heterocycles. The summed E-state index contributed by atoms with van der Waals surface area (Å²) in [6.45, 7) is 1.77. The van der Waals surface area contributed by atoms with Crippen LogP contribution in [0.2, 0.25) is 0 Å². The molecule has 1 atom stereocenters. The minimum atomic E-state index is -0.403. The molecule has 3 heteroatoms. The highest BCUT2D eigenvalue weighted by Gasteiger charge is 2.01. The summed E-state index contributed by atoms with van der Waals surface area (Å²) in [6.07, 6.45) is -0.403. The second kappa shape index (κ2) is 5.71. The molecule has 1 nitrogen and oxygen atoms in total. The normalized spacial score (nSPS) is 12.4. The van der Waals surface area contributed by atoms with Crippen molar-refractivity contribution in [1.29, 1.82) is 0 Å². The standard InChI is InChI=1S/C14H13BrOS/c1-10(16)11-5-7-13(8-6-11)17-14-4-2-3-12(15)9-14/h2-10,16H,1H3/t10-/m0/s1. The van der Waals surface area contributed by atoms with Gasteiger partial charge in [0.05, 0.1) is 6.10 Å². The maximum atomic E-state index is 9.43. The van der Waals surface area contributed by atoms with Crippen molar-refractivity contribution in [2.45, 2.75) is 22.8 Å². The van der Waals surface area contributed by atoms with Crippen LogP contribution in [0.15, 0.2) is 62.8 Å². The second-order valence-corrected chi connectivity index (χ2v) is 5.87. The first-order chi connectivity index (χ1) is 8.15. The van der Waals surface area contributed by atoms with E-state index in [-0.39, 0.29) is 0 Å². The van der Waals surface area contributed by atoms with E-state index >= 15 is 0 Å². The SMILES string of the molecule is C[C@H](O)c1ccc(Sc2cccc(Br)c2)cc1. The van der Waals surface area contributed by atoms with Gasteiger partial charge in [-0.3, -0.25) is 0 Å². The van der Waals surface area contributed by atoms with E-state index in [4.69, 9.17) is 0 Å². The molecule has 17 heavy (non-hydrogen) atoms. The second-order valence-electron chi connectivity index (χ2n) is 3.80. The third-order valence-electron chi connectivity index (χ3n) is 2.39. The van der Waals surface area contributed by atoms with Crippen molar-refractivity contribution in [3.8, 4) is 0 Å². The Bertz CT molecular complexity index is 494. The lowest BCUT2D eigenvalue weighted by molar-refractivity contribution is 0.199. The van der Waals surface area contributed by atoms with E-state index in [9.17, 15) is 5.11 Å². The van der Waals surface area contributed by atoms with Gasteiger partial charge in [0.25, 0.3) is 0 Å². The molecule has 0 amide bonds. The Kier molecular flexibility index (Phi) is 4.26. The van der Waals surface area contributed by atoms with Crippen molar-refractivity contribution in [2.75, 3.05) is 0 Å². The Morgan fingerprint density at radius 2 is 1.76 bits per heavy atom. The first-order valence-electron chi connectivity index (χ1n) is 5.36. The average Bonchev–Trinajstić information content (AvgIpc) is 2.29. The Hall–Kier alpha value is -0.770. The maximum absolute atomic E-state index is 9.43. The van der Waals surface area contributed by atoms with Crippen LogP contribution in [-0.2, 0) is 0 Å². The highest BCUT2D eigenvalue weighted by atomic mass is 79.9. The number of aliphatic hydroxyl groups excluding tert-OH is 1. The lowest BCUT2D eigenvalue weighted by Gasteiger charge is -2.06. The molecule has 0 heterocycles.